The van der Waals surface area contributed by atoms with Crippen LogP contribution >= 0.6 is 8.60 Å². The van der Waals surface area contributed by atoms with Crippen LogP contribution < -0.4 is 12.4 Å². The molecule has 1 radical (unpaired) electrons. The third-order valence-corrected chi connectivity index (χ3v) is 7.15. The Bertz CT molecular complexity index is 279. The van der Waals surface area contributed by atoms with Gasteiger partial charge in [-0.05, 0) is 37.0 Å². The molecule has 0 saturated carbocycles. The molecule has 0 rings (SSSR count). The van der Waals surface area contributed by atoms with Crippen LogP contribution in [0.4, 0.5) is 0 Å². The minimum absolute atomic E-state index is 0. The molecule has 0 aliphatic carbocycles. The molecule has 0 heterocycles. The van der Waals surface area contributed by atoms with Crippen LogP contribution in [0.5, 0.6) is 0 Å². The minimum Gasteiger partial charge on any atom is -1.00 e. The van der Waals surface area contributed by atoms with Crippen LogP contribution in [0.25, 0.3) is 0 Å². The second-order valence-electron chi connectivity index (χ2n) is 8.43. The Balaban J connectivity index is -0.00000364. The standard InChI is InChI=1S/C24H52O3P.ClH.Cu/c1-7-13-16-22(10-4)19-25-28(26-20-23(11-5)17-14-8-2)27-21-24(12-6)18-15-9-3;;/h22-24,28H,7-21H2,1-6H3;1H;/q+1;;/p-1. The van der Waals surface area contributed by atoms with Crippen molar-refractivity contribution in [3.63, 3.8) is 0 Å². The Labute approximate surface area is 207 Å². The summed E-state index contributed by atoms with van der Waals surface area (Å²) in [4.78, 5) is 0. The van der Waals surface area contributed by atoms with Crippen molar-refractivity contribution in [3.8, 4) is 0 Å². The summed E-state index contributed by atoms with van der Waals surface area (Å²) in [6.45, 7) is 16.0. The number of hydrogen-bond acceptors (Lipinski definition) is 3. The molecule has 6 heteroatoms. The van der Waals surface area contributed by atoms with Gasteiger partial charge in [-0.2, -0.15) is 13.6 Å². The van der Waals surface area contributed by atoms with Crippen LogP contribution in [0.15, 0.2) is 0 Å². The molecule has 0 aliphatic heterocycles. The summed E-state index contributed by atoms with van der Waals surface area (Å²) in [6, 6.07) is 0. The summed E-state index contributed by atoms with van der Waals surface area (Å²) >= 11 is 0. The van der Waals surface area contributed by atoms with Gasteiger partial charge in [-0.3, -0.25) is 0 Å². The average molecular weight is 519 g/mol. The zero-order valence-electron chi connectivity index (χ0n) is 20.7. The zero-order chi connectivity index (χ0) is 21.0. The van der Waals surface area contributed by atoms with Gasteiger partial charge >= 0.3 is 8.60 Å². The number of unbranched alkanes of at least 4 members (excludes halogenated alkanes) is 3. The van der Waals surface area contributed by atoms with E-state index in [1.165, 1.54) is 77.0 Å². The van der Waals surface area contributed by atoms with Crippen molar-refractivity contribution in [2.24, 2.45) is 17.8 Å². The van der Waals surface area contributed by atoms with E-state index in [0.29, 0.717) is 17.8 Å². The van der Waals surface area contributed by atoms with E-state index < -0.39 is 8.60 Å². The summed E-state index contributed by atoms with van der Waals surface area (Å²) in [5.74, 6) is 1.91. The van der Waals surface area contributed by atoms with E-state index >= 15 is 0 Å². The predicted octanol–water partition coefficient (Wildman–Crippen LogP) is 5.65. The van der Waals surface area contributed by atoms with Crippen LogP contribution in [-0.4, -0.2) is 19.8 Å². The molecule has 0 aromatic carbocycles. The SMILES string of the molecule is CCCCC(CC)CO[PH+](OCC(CC)CCCC)OCC(CC)CCCC.[Cl-].[Cu]. The Hall–Kier alpha value is 1.12. The molecule has 3 atom stereocenters. The molecular formula is C24H52ClCuO3P. The van der Waals surface area contributed by atoms with E-state index in [2.05, 4.69) is 41.5 Å². The van der Waals surface area contributed by atoms with Gasteiger partial charge in [0.25, 0.3) is 0 Å². The number of rotatable bonds is 21. The molecule has 0 bridgehead atoms. The molecular weight excluding hydrogens is 466 g/mol. The fourth-order valence-corrected chi connectivity index (χ4v) is 4.74. The molecule has 0 aliphatic rings. The normalized spacial score (nSPS) is 15.0. The van der Waals surface area contributed by atoms with E-state index in [9.17, 15) is 0 Å². The summed E-state index contributed by atoms with van der Waals surface area (Å²) < 4.78 is 18.7. The van der Waals surface area contributed by atoms with Crippen molar-refractivity contribution in [2.45, 2.75) is 119 Å². The second-order valence-corrected chi connectivity index (χ2v) is 9.80. The van der Waals surface area contributed by atoms with Gasteiger partial charge in [0.1, 0.15) is 19.8 Å². The first-order chi connectivity index (χ1) is 13.6. The molecule has 0 fully saturated rings. The van der Waals surface area contributed by atoms with Crippen LogP contribution in [0.1, 0.15) is 119 Å². The van der Waals surface area contributed by atoms with E-state index in [4.69, 9.17) is 13.6 Å². The smallest absolute Gasteiger partial charge is 0.397 e. The van der Waals surface area contributed by atoms with Crippen molar-refractivity contribution in [3.05, 3.63) is 0 Å². The molecule has 0 saturated heterocycles. The monoisotopic (exact) mass is 517 g/mol. The predicted molar refractivity (Wildman–Crippen MR) is 126 cm³/mol. The maximum atomic E-state index is 6.25. The van der Waals surface area contributed by atoms with Gasteiger partial charge in [-0.25, -0.2) is 0 Å². The maximum absolute atomic E-state index is 6.25. The Morgan fingerprint density at radius 3 is 1.00 bits per heavy atom. The van der Waals surface area contributed by atoms with Gasteiger partial charge < -0.3 is 12.4 Å². The molecule has 3 unspecified atom stereocenters. The molecule has 0 N–H and O–H groups in total. The van der Waals surface area contributed by atoms with E-state index in [1.807, 2.05) is 0 Å². The molecule has 0 aromatic rings. The van der Waals surface area contributed by atoms with E-state index in [-0.39, 0.29) is 29.5 Å². The maximum Gasteiger partial charge on any atom is 0.397 e. The van der Waals surface area contributed by atoms with Gasteiger partial charge in [0.15, 0.2) is 0 Å². The molecule has 189 valence electrons. The van der Waals surface area contributed by atoms with Crippen LogP contribution in [-0.2, 0) is 30.6 Å². The third kappa shape index (κ3) is 19.8. The van der Waals surface area contributed by atoms with Gasteiger partial charge in [-0.15, -0.1) is 0 Å². The van der Waals surface area contributed by atoms with Gasteiger partial charge in [0.05, 0.1) is 0 Å². The van der Waals surface area contributed by atoms with Gasteiger partial charge in [-0.1, -0.05) is 99.3 Å². The van der Waals surface area contributed by atoms with E-state index in [0.717, 1.165) is 19.8 Å². The Morgan fingerprint density at radius 2 is 0.800 bits per heavy atom. The number of halogens is 1. The quantitative estimate of drug-likeness (QED) is 0.145. The minimum atomic E-state index is -1.63. The molecule has 0 aromatic heterocycles. The Kier molecular flexibility index (Phi) is 31.4. The van der Waals surface area contributed by atoms with Crippen molar-refractivity contribution in [1.29, 1.82) is 0 Å². The summed E-state index contributed by atoms with van der Waals surface area (Å²) in [6.07, 6.45) is 14.9. The molecule has 3 nitrogen and oxygen atoms in total. The largest absolute Gasteiger partial charge is 1.00 e. The van der Waals surface area contributed by atoms with Crippen LogP contribution in [0.2, 0.25) is 0 Å². The van der Waals surface area contributed by atoms with Crippen molar-refractivity contribution in [1.82, 2.24) is 0 Å². The molecule has 0 amide bonds. The first-order valence-electron chi connectivity index (χ1n) is 12.4. The first-order valence-corrected chi connectivity index (χ1v) is 13.6. The number of hydrogen-bond donors (Lipinski definition) is 0. The van der Waals surface area contributed by atoms with Gasteiger partial charge in [0, 0.05) is 17.1 Å². The summed E-state index contributed by atoms with van der Waals surface area (Å²) in [5, 5.41) is 0. The van der Waals surface area contributed by atoms with E-state index in [1.54, 1.807) is 0 Å². The van der Waals surface area contributed by atoms with Crippen molar-refractivity contribution < 1.29 is 43.0 Å². The first kappa shape index (κ1) is 35.7. The fraction of sp³-hybridized carbons (Fsp3) is 1.00. The third-order valence-electron chi connectivity index (χ3n) is 5.94. The second kappa shape index (κ2) is 26.4. The molecule has 30 heavy (non-hydrogen) atoms. The van der Waals surface area contributed by atoms with Crippen LogP contribution in [0.3, 0.4) is 0 Å². The average Bonchev–Trinajstić information content (AvgIpc) is 2.73. The van der Waals surface area contributed by atoms with Gasteiger partial charge in [0.2, 0.25) is 0 Å². The molecule has 0 spiro atoms. The Morgan fingerprint density at radius 1 is 0.533 bits per heavy atom. The topological polar surface area (TPSA) is 27.7 Å². The summed E-state index contributed by atoms with van der Waals surface area (Å²) in [5.41, 5.74) is 0. The fourth-order valence-electron chi connectivity index (χ4n) is 3.38. The van der Waals surface area contributed by atoms with Crippen molar-refractivity contribution in [2.75, 3.05) is 19.8 Å². The van der Waals surface area contributed by atoms with Crippen LogP contribution in [0, 0.1) is 17.8 Å². The van der Waals surface area contributed by atoms with Crippen molar-refractivity contribution >= 4 is 8.60 Å². The summed E-state index contributed by atoms with van der Waals surface area (Å²) in [7, 11) is -1.63. The zero-order valence-corrected chi connectivity index (χ0v) is 23.4.